The minimum absolute atomic E-state index is 0.0702. The second kappa shape index (κ2) is 4.76. The molecule has 3 fully saturated rings. The lowest BCUT2D eigenvalue weighted by Crippen LogP contribution is -2.53. The Hall–Kier alpha value is -0.980. The molecule has 0 spiro atoms. The average Bonchev–Trinajstić information content (AvgIpc) is 3.17. The summed E-state index contributed by atoms with van der Waals surface area (Å²) in [4.78, 5) is 0. The predicted molar refractivity (Wildman–Crippen MR) is 73.5 cm³/mol. The summed E-state index contributed by atoms with van der Waals surface area (Å²) in [5.74, 6) is -1.53. The molecule has 1 aromatic rings. The molecule has 0 bridgehead atoms. The number of hydrogen-bond acceptors (Lipinski definition) is 5. The molecular formula is C16H20O5. The van der Waals surface area contributed by atoms with Gasteiger partial charge in [-0.05, 0) is 19.4 Å². The van der Waals surface area contributed by atoms with Gasteiger partial charge in [-0.15, -0.1) is 0 Å². The molecular weight excluding hydrogens is 272 g/mol. The molecule has 3 aliphatic rings. The first-order chi connectivity index (χ1) is 10.1. The van der Waals surface area contributed by atoms with Gasteiger partial charge in [0.25, 0.3) is 0 Å². The van der Waals surface area contributed by atoms with Crippen LogP contribution in [0.15, 0.2) is 30.3 Å². The summed E-state index contributed by atoms with van der Waals surface area (Å²) in [6.45, 7) is 5.19. The SMILES string of the molecule is CC1(C)O[C@H]2[C@@H]3O[C@@H]3CO[C@@]2(COCc2ccccc2)O1. The summed E-state index contributed by atoms with van der Waals surface area (Å²) >= 11 is 0. The van der Waals surface area contributed by atoms with E-state index in [9.17, 15) is 0 Å². The number of epoxide rings is 1. The van der Waals surface area contributed by atoms with Gasteiger partial charge in [0.15, 0.2) is 5.79 Å². The third-order valence-corrected chi connectivity index (χ3v) is 4.09. The average molecular weight is 292 g/mol. The molecule has 0 aromatic heterocycles. The molecule has 5 nitrogen and oxygen atoms in total. The van der Waals surface area contributed by atoms with E-state index in [1.165, 1.54) is 0 Å². The van der Waals surface area contributed by atoms with Crippen molar-refractivity contribution < 1.29 is 23.7 Å². The molecule has 4 atom stereocenters. The first kappa shape index (κ1) is 13.7. The Morgan fingerprint density at radius 1 is 1.24 bits per heavy atom. The van der Waals surface area contributed by atoms with Crippen molar-refractivity contribution in [2.24, 2.45) is 0 Å². The second-order valence-corrected chi connectivity index (χ2v) is 6.28. The van der Waals surface area contributed by atoms with Crippen LogP contribution < -0.4 is 0 Å². The number of benzene rings is 1. The van der Waals surface area contributed by atoms with Crippen LogP contribution in [0.4, 0.5) is 0 Å². The van der Waals surface area contributed by atoms with E-state index in [1.54, 1.807) is 0 Å². The number of hydrogen-bond donors (Lipinski definition) is 0. The fourth-order valence-electron chi connectivity index (χ4n) is 3.14. The van der Waals surface area contributed by atoms with E-state index in [0.29, 0.717) is 19.8 Å². The van der Waals surface area contributed by atoms with Crippen LogP contribution in [0.1, 0.15) is 19.4 Å². The van der Waals surface area contributed by atoms with E-state index in [2.05, 4.69) is 0 Å². The van der Waals surface area contributed by atoms with Crippen molar-refractivity contribution >= 4 is 0 Å². The van der Waals surface area contributed by atoms with E-state index in [1.807, 2.05) is 44.2 Å². The third-order valence-electron chi connectivity index (χ3n) is 4.09. The number of rotatable bonds is 4. The number of ether oxygens (including phenoxy) is 5. The van der Waals surface area contributed by atoms with Crippen LogP contribution in [-0.4, -0.2) is 43.1 Å². The third kappa shape index (κ3) is 2.49. The highest BCUT2D eigenvalue weighted by atomic mass is 16.9. The van der Waals surface area contributed by atoms with E-state index >= 15 is 0 Å². The Bertz CT molecular complexity index is 517. The Morgan fingerprint density at radius 2 is 2.05 bits per heavy atom. The van der Waals surface area contributed by atoms with Gasteiger partial charge in [-0.2, -0.15) is 0 Å². The standard InChI is InChI=1S/C16H20O5/c1-15(2)20-14-13-12(19-13)9-18-16(14,21-15)10-17-8-11-6-4-3-5-7-11/h3-7,12-14H,8-10H2,1-2H3/t12-,13-,14+,16+/m1/s1. The Labute approximate surface area is 124 Å². The quantitative estimate of drug-likeness (QED) is 0.793. The smallest absolute Gasteiger partial charge is 0.224 e. The van der Waals surface area contributed by atoms with Gasteiger partial charge in [-0.3, -0.25) is 0 Å². The second-order valence-electron chi connectivity index (χ2n) is 6.28. The van der Waals surface area contributed by atoms with E-state index in [4.69, 9.17) is 23.7 Å². The molecule has 4 rings (SSSR count). The molecule has 0 saturated carbocycles. The van der Waals surface area contributed by atoms with E-state index < -0.39 is 11.6 Å². The molecule has 1 aromatic carbocycles. The molecule has 3 heterocycles. The summed E-state index contributed by atoms with van der Waals surface area (Å²) in [6.07, 6.45) is -0.00220. The molecule has 21 heavy (non-hydrogen) atoms. The van der Waals surface area contributed by atoms with Gasteiger partial charge in [-0.25, -0.2) is 0 Å². The van der Waals surface area contributed by atoms with Crippen LogP contribution in [-0.2, 0) is 30.3 Å². The van der Waals surface area contributed by atoms with Crippen molar-refractivity contribution in [1.29, 1.82) is 0 Å². The number of fused-ring (bicyclic) bond motifs is 3. The molecule has 0 N–H and O–H groups in total. The normalized spacial score (nSPS) is 39.6. The van der Waals surface area contributed by atoms with Gasteiger partial charge in [0.1, 0.15) is 24.9 Å². The molecule has 3 aliphatic heterocycles. The summed E-state index contributed by atoms with van der Waals surface area (Å²) in [7, 11) is 0. The van der Waals surface area contributed by atoms with Gasteiger partial charge >= 0.3 is 0 Å². The summed E-state index contributed by atoms with van der Waals surface area (Å²) in [5, 5.41) is 0. The van der Waals surface area contributed by atoms with Crippen LogP contribution in [0, 0.1) is 0 Å². The topological polar surface area (TPSA) is 49.5 Å². The highest BCUT2D eigenvalue weighted by molar-refractivity contribution is 5.13. The van der Waals surface area contributed by atoms with Crippen molar-refractivity contribution in [3.05, 3.63) is 35.9 Å². The zero-order chi connectivity index (χ0) is 14.5. The largest absolute Gasteiger partial charge is 0.371 e. The van der Waals surface area contributed by atoms with E-state index in [-0.39, 0.29) is 18.3 Å². The van der Waals surface area contributed by atoms with E-state index in [0.717, 1.165) is 5.56 Å². The van der Waals surface area contributed by atoms with Gasteiger partial charge in [0, 0.05) is 0 Å². The lowest BCUT2D eigenvalue weighted by atomic mass is 10.0. The summed E-state index contributed by atoms with van der Waals surface area (Å²) in [6, 6.07) is 10.1. The summed E-state index contributed by atoms with van der Waals surface area (Å²) in [5.41, 5.74) is 1.12. The van der Waals surface area contributed by atoms with Crippen LogP contribution in [0.25, 0.3) is 0 Å². The fraction of sp³-hybridized carbons (Fsp3) is 0.625. The fourth-order valence-corrected chi connectivity index (χ4v) is 3.14. The van der Waals surface area contributed by atoms with Gasteiger partial charge < -0.3 is 23.7 Å². The maximum atomic E-state index is 6.03. The zero-order valence-corrected chi connectivity index (χ0v) is 12.3. The van der Waals surface area contributed by atoms with Crippen molar-refractivity contribution in [2.45, 2.75) is 50.3 Å². The van der Waals surface area contributed by atoms with Crippen molar-refractivity contribution in [1.82, 2.24) is 0 Å². The summed E-state index contributed by atoms with van der Waals surface area (Å²) < 4.78 is 29.3. The van der Waals surface area contributed by atoms with Crippen LogP contribution in [0.2, 0.25) is 0 Å². The molecule has 0 amide bonds. The van der Waals surface area contributed by atoms with Crippen LogP contribution in [0.3, 0.4) is 0 Å². The Morgan fingerprint density at radius 3 is 2.86 bits per heavy atom. The Kier molecular flexibility index (Phi) is 3.10. The maximum absolute atomic E-state index is 6.03. The van der Waals surface area contributed by atoms with Crippen LogP contribution in [0.5, 0.6) is 0 Å². The lowest BCUT2D eigenvalue weighted by Gasteiger charge is -2.34. The monoisotopic (exact) mass is 292 g/mol. The minimum atomic E-state index is -0.851. The first-order valence-electron chi connectivity index (χ1n) is 7.37. The predicted octanol–water partition coefficient (Wildman–Crippen LogP) is 1.85. The van der Waals surface area contributed by atoms with Crippen molar-refractivity contribution in [3.8, 4) is 0 Å². The molecule has 0 aliphatic carbocycles. The van der Waals surface area contributed by atoms with Crippen LogP contribution >= 0.6 is 0 Å². The maximum Gasteiger partial charge on any atom is 0.224 e. The van der Waals surface area contributed by atoms with Crippen molar-refractivity contribution in [2.75, 3.05) is 13.2 Å². The lowest BCUT2D eigenvalue weighted by molar-refractivity contribution is -0.281. The zero-order valence-electron chi connectivity index (χ0n) is 12.3. The Balaban J connectivity index is 1.44. The highest BCUT2D eigenvalue weighted by Gasteiger charge is 2.67. The van der Waals surface area contributed by atoms with Gasteiger partial charge in [0.2, 0.25) is 5.79 Å². The molecule has 3 saturated heterocycles. The highest BCUT2D eigenvalue weighted by Crippen LogP contribution is 2.48. The molecule has 0 radical (unpaired) electrons. The van der Waals surface area contributed by atoms with Gasteiger partial charge in [-0.1, -0.05) is 30.3 Å². The first-order valence-corrected chi connectivity index (χ1v) is 7.37. The van der Waals surface area contributed by atoms with Gasteiger partial charge in [0.05, 0.1) is 13.2 Å². The molecule has 5 heteroatoms. The minimum Gasteiger partial charge on any atom is -0.371 e. The molecule has 114 valence electrons. The molecule has 0 unspecified atom stereocenters. The van der Waals surface area contributed by atoms with Crippen molar-refractivity contribution in [3.63, 3.8) is 0 Å².